The average molecular weight is 432 g/mol. The van der Waals surface area contributed by atoms with Crippen LogP contribution >= 0.6 is 23.5 Å². The van der Waals surface area contributed by atoms with Gasteiger partial charge in [-0.25, -0.2) is 4.90 Å². The van der Waals surface area contributed by atoms with Crippen molar-refractivity contribution in [3.63, 3.8) is 0 Å². The van der Waals surface area contributed by atoms with Crippen molar-refractivity contribution >= 4 is 41.0 Å². The standard InChI is InChI=1S/C25H21NO2S2/c1-16-8-12-19(13-9-16)29-22-23(30-20-14-10-17(2)11-15-20)25(28)26(24(22)27)21-7-5-4-6-18(21)3/h4-15H,1-3H3. The number of benzene rings is 3. The number of rotatable bonds is 5. The molecule has 2 amide bonds. The van der Waals surface area contributed by atoms with Crippen LogP contribution in [0.2, 0.25) is 0 Å². The van der Waals surface area contributed by atoms with Crippen LogP contribution in [-0.4, -0.2) is 11.8 Å². The van der Waals surface area contributed by atoms with Crippen LogP contribution < -0.4 is 4.90 Å². The van der Waals surface area contributed by atoms with Crippen LogP contribution in [0.25, 0.3) is 0 Å². The molecule has 150 valence electrons. The normalized spacial score (nSPS) is 14.0. The molecule has 0 aliphatic carbocycles. The van der Waals surface area contributed by atoms with E-state index in [2.05, 4.69) is 0 Å². The Labute approximate surface area is 185 Å². The molecule has 0 unspecified atom stereocenters. The fraction of sp³-hybridized carbons (Fsp3) is 0.120. The summed E-state index contributed by atoms with van der Waals surface area (Å²) >= 11 is 2.71. The van der Waals surface area contributed by atoms with Gasteiger partial charge in [0.1, 0.15) is 0 Å². The lowest BCUT2D eigenvalue weighted by Crippen LogP contribution is -2.31. The molecule has 0 saturated heterocycles. The van der Waals surface area contributed by atoms with Crippen LogP contribution in [0.5, 0.6) is 0 Å². The fourth-order valence-electron chi connectivity index (χ4n) is 3.15. The van der Waals surface area contributed by atoms with Crippen molar-refractivity contribution in [2.75, 3.05) is 4.90 Å². The van der Waals surface area contributed by atoms with E-state index in [1.165, 1.54) is 28.4 Å². The predicted octanol–water partition coefficient (Wildman–Crippen LogP) is 6.28. The Balaban J connectivity index is 1.75. The van der Waals surface area contributed by atoms with Crippen LogP contribution in [-0.2, 0) is 9.59 Å². The second-order valence-electron chi connectivity index (χ2n) is 7.22. The van der Waals surface area contributed by atoms with E-state index in [0.717, 1.165) is 26.5 Å². The van der Waals surface area contributed by atoms with Gasteiger partial charge in [0, 0.05) is 9.79 Å². The highest BCUT2D eigenvalue weighted by Crippen LogP contribution is 2.44. The SMILES string of the molecule is Cc1ccc(SC2=C(Sc3ccc(C)cc3)C(=O)N(c3ccccc3C)C2=O)cc1. The Morgan fingerprint density at radius 2 is 1.03 bits per heavy atom. The third-order valence-electron chi connectivity index (χ3n) is 4.84. The number of anilines is 1. The first kappa shape index (κ1) is 20.5. The maximum absolute atomic E-state index is 13.4. The summed E-state index contributed by atoms with van der Waals surface area (Å²) in [7, 11) is 0. The highest BCUT2D eigenvalue weighted by atomic mass is 32.2. The Kier molecular flexibility index (Phi) is 5.84. The first-order valence-electron chi connectivity index (χ1n) is 9.62. The first-order chi connectivity index (χ1) is 14.4. The van der Waals surface area contributed by atoms with Gasteiger partial charge in [0.2, 0.25) is 0 Å². The van der Waals surface area contributed by atoms with Gasteiger partial charge in [-0.1, -0.05) is 77.1 Å². The smallest absolute Gasteiger partial charge is 0.268 e. The number of hydrogen-bond donors (Lipinski definition) is 0. The van der Waals surface area contributed by atoms with Crippen molar-refractivity contribution in [2.45, 2.75) is 30.6 Å². The van der Waals surface area contributed by atoms with Gasteiger partial charge in [0.05, 0.1) is 15.5 Å². The van der Waals surface area contributed by atoms with Gasteiger partial charge in [-0.05, 0) is 56.7 Å². The lowest BCUT2D eigenvalue weighted by Gasteiger charge is -2.17. The summed E-state index contributed by atoms with van der Waals surface area (Å²) < 4.78 is 0. The van der Waals surface area contributed by atoms with Gasteiger partial charge < -0.3 is 0 Å². The molecule has 4 rings (SSSR count). The third kappa shape index (κ3) is 4.09. The molecule has 3 aromatic carbocycles. The minimum Gasteiger partial charge on any atom is -0.268 e. The van der Waals surface area contributed by atoms with E-state index in [1.807, 2.05) is 93.6 Å². The molecule has 1 aliphatic rings. The van der Waals surface area contributed by atoms with Crippen molar-refractivity contribution in [3.05, 3.63) is 99.3 Å². The Morgan fingerprint density at radius 3 is 1.47 bits per heavy atom. The molecule has 0 atom stereocenters. The molecule has 3 nitrogen and oxygen atoms in total. The zero-order chi connectivity index (χ0) is 21.3. The summed E-state index contributed by atoms with van der Waals surface area (Å²) in [6.45, 7) is 5.96. The molecule has 0 spiro atoms. The summed E-state index contributed by atoms with van der Waals surface area (Å²) in [6.07, 6.45) is 0. The lowest BCUT2D eigenvalue weighted by molar-refractivity contribution is -0.120. The first-order valence-corrected chi connectivity index (χ1v) is 11.2. The maximum Gasteiger partial charge on any atom is 0.273 e. The van der Waals surface area contributed by atoms with Gasteiger partial charge in [-0.15, -0.1) is 0 Å². The van der Waals surface area contributed by atoms with Gasteiger partial charge >= 0.3 is 0 Å². The number of hydrogen-bond acceptors (Lipinski definition) is 4. The Bertz CT molecular complexity index is 1080. The monoisotopic (exact) mass is 431 g/mol. The highest BCUT2D eigenvalue weighted by Gasteiger charge is 2.40. The van der Waals surface area contributed by atoms with Crippen LogP contribution in [0.15, 0.2) is 92.4 Å². The second-order valence-corrected chi connectivity index (χ2v) is 9.39. The van der Waals surface area contributed by atoms with Gasteiger partial charge in [-0.3, -0.25) is 9.59 Å². The van der Waals surface area contributed by atoms with Crippen LogP contribution in [0.1, 0.15) is 16.7 Å². The zero-order valence-electron chi connectivity index (χ0n) is 17.0. The second kappa shape index (κ2) is 8.54. The molecule has 0 bridgehead atoms. The number of carbonyl (C=O) groups is 2. The topological polar surface area (TPSA) is 37.4 Å². The summed E-state index contributed by atoms with van der Waals surface area (Å²) in [5.74, 6) is -0.538. The fourth-order valence-corrected chi connectivity index (χ4v) is 5.13. The minimum atomic E-state index is -0.269. The lowest BCUT2D eigenvalue weighted by atomic mass is 10.2. The number of imide groups is 1. The summed E-state index contributed by atoms with van der Waals surface area (Å²) in [4.78, 5) is 30.9. The van der Waals surface area contributed by atoms with E-state index < -0.39 is 0 Å². The van der Waals surface area contributed by atoms with Gasteiger partial charge in [-0.2, -0.15) is 0 Å². The summed E-state index contributed by atoms with van der Waals surface area (Å²) in [6, 6.07) is 23.4. The number of amides is 2. The molecule has 0 N–H and O–H groups in total. The van der Waals surface area contributed by atoms with Crippen molar-refractivity contribution < 1.29 is 9.59 Å². The molecule has 30 heavy (non-hydrogen) atoms. The number of para-hydroxylation sites is 1. The molecule has 3 aromatic rings. The van der Waals surface area contributed by atoms with Crippen molar-refractivity contribution in [2.24, 2.45) is 0 Å². The van der Waals surface area contributed by atoms with Crippen LogP contribution in [0.3, 0.4) is 0 Å². The highest BCUT2D eigenvalue weighted by molar-refractivity contribution is 8.08. The summed E-state index contributed by atoms with van der Waals surface area (Å²) in [5, 5.41) is 0. The van der Waals surface area contributed by atoms with Crippen molar-refractivity contribution in [1.82, 2.24) is 0 Å². The average Bonchev–Trinajstić information content (AvgIpc) is 2.96. The largest absolute Gasteiger partial charge is 0.273 e. The molecule has 0 aromatic heterocycles. The Hall–Kier alpha value is -2.76. The van der Waals surface area contributed by atoms with Crippen LogP contribution in [0.4, 0.5) is 5.69 Å². The molecule has 0 fully saturated rings. The number of aryl methyl sites for hydroxylation is 3. The molecule has 0 saturated carbocycles. The predicted molar refractivity (Wildman–Crippen MR) is 125 cm³/mol. The van der Waals surface area contributed by atoms with Crippen molar-refractivity contribution in [3.8, 4) is 0 Å². The van der Waals surface area contributed by atoms with Crippen LogP contribution in [0, 0.1) is 20.8 Å². The van der Waals surface area contributed by atoms with E-state index in [9.17, 15) is 9.59 Å². The molecular weight excluding hydrogens is 410 g/mol. The van der Waals surface area contributed by atoms with E-state index in [4.69, 9.17) is 0 Å². The molecule has 5 heteroatoms. The minimum absolute atomic E-state index is 0.269. The quantitative estimate of drug-likeness (QED) is 0.446. The van der Waals surface area contributed by atoms with Gasteiger partial charge in [0.15, 0.2) is 0 Å². The molecule has 1 heterocycles. The third-order valence-corrected chi connectivity index (χ3v) is 7.15. The van der Waals surface area contributed by atoms with E-state index in [0.29, 0.717) is 15.5 Å². The van der Waals surface area contributed by atoms with E-state index in [-0.39, 0.29) is 11.8 Å². The Morgan fingerprint density at radius 1 is 0.600 bits per heavy atom. The van der Waals surface area contributed by atoms with Crippen molar-refractivity contribution in [1.29, 1.82) is 0 Å². The zero-order valence-corrected chi connectivity index (χ0v) is 18.6. The van der Waals surface area contributed by atoms with E-state index in [1.54, 1.807) is 0 Å². The number of nitrogens with zero attached hydrogens (tertiary/aromatic N) is 1. The van der Waals surface area contributed by atoms with E-state index >= 15 is 0 Å². The molecule has 0 radical (unpaired) electrons. The van der Waals surface area contributed by atoms with Gasteiger partial charge in [0.25, 0.3) is 11.8 Å². The number of carbonyl (C=O) groups excluding carboxylic acids is 2. The number of thioether (sulfide) groups is 2. The molecule has 1 aliphatic heterocycles. The maximum atomic E-state index is 13.4. The summed E-state index contributed by atoms with van der Waals surface area (Å²) in [5.41, 5.74) is 3.82. The molecular formula is C25H21NO2S2.